The van der Waals surface area contributed by atoms with E-state index in [1.165, 1.54) is 0 Å². The minimum atomic E-state index is 0.270. The second-order valence-electron chi connectivity index (χ2n) is 4.29. The summed E-state index contributed by atoms with van der Waals surface area (Å²) in [5, 5.41) is 3.25. The van der Waals surface area contributed by atoms with Crippen molar-refractivity contribution in [1.82, 2.24) is 15.1 Å². The second-order valence-corrected chi connectivity index (χ2v) is 4.29. The SMILES string of the molecule is CCN(CC(=O)N1CCNCC1)C(C)C. The van der Waals surface area contributed by atoms with Gasteiger partial charge in [0.05, 0.1) is 6.54 Å². The fourth-order valence-electron chi connectivity index (χ4n) is 1.85. The maximum absolute atomic E-state index is 11.9. The van der Waals surface area contributed by atoms with Gasteiger partial charge < -0.3 is 10.2 Å². The fraction of sp³-hybridized carbons (Fsp3) is 0.909. The molecule has 1 saturated heterocycles. The summed E-state index contributed by atoms with van der Waals surface area (Å²) in [6, 6.07) is 0.446. The van der Waals surface area contributed by atoms with Gasteiger partial charge in [0.1, 0.15) is 0 Å². The van der Waals surface area contributed by atoms with Gasteiger partial charge in [-0.3, -0.25) is 9.69 Å². The van der Waals surface area contributed by atoms with Crippen LogP contribution in [0.3, 0.4) is 0 Å². The monoisotopic (exact) mass is 213 g/mol. The highest BCUT2D eigenvalue weighted by molar-refractivity contribution is 5.78. The van der Waals surface area contributed by atoms with Gasteiger partial charge in [0.15, 0.2) is 0 Å². The molecule has 1 aliphatic rings. The van der Waals surface area contributed by atoms with E-state index in [1.807, 2.05) is 4.90 Å². The van der Waals surface area contributed by atoms with Crippen molar-refractivity contribution >= 4 is 5.91 Å². The number of piperazine rings is 1. The van der Waals surface area contributed by atoms with Crippen molar-refractivity contribution in [1.29, 1.82) is 0 Å². The molecule has 1 rings (SSSR count). The number of carbonyl (C=O) groups excluding carboxylic acids is 1. The lowest BCUT2D eigenvalue weighted by molar-refractivity contribution is -0.133. The zero-order valence-corrected chi connectivity index (χ0v) is 10.1. The van der Waals surface area contributed by atoms with E-state index >= 15 is 0 Å². The molecule has 0 radical (unpaired) electrons. The Labute approximate surface area is 92.6 Å². The Kier molecular flexibility index (Phi) is 5.05. The summed E-state index contributed by atoms with van der Waals surface area (Å²) < 4.78 is 0. The van der Waals surface area contributed by atoms with Crippen LogP contribution >= 0.6 is 0 Å². The van der Waals surface area contributed by atoms with Gasteiger partial charge in [-0.1, -0.05) is 6.92 Å². The molecule has 0 aromatic rings. The Balaban J connectivity index is 2.38. The minimum absolute atomic E-state index is 0.270. The first kappa shape index (κ1) is 12.5. The maximum Gasteiger partial charge on any atom is 0.236 e. The number of likely N-dealkylation sites (N-methyl/N-ethyl adjacent to an activating group) is 1. The molecule has 0 spiro atoms. The molecule has 15 heavy (non-hydrogen) atoms. The normalized spacial score (nSPS) is 17.5. The molecule has 1 heterocycles. The van der Waals surface area contributed by atoms with Crippen molar-refractivity contribution in [2.45, 2.75) is 26.8 Å². The van der Waals surface area contributed by atoms with Gasteiger partial charge >= 0.3 is 0 Å². The highest BCUT2D eigenvalue weighted by atomic mass is 16.2. The Morgan fingerprint density at radius 3 is 2.47 bits per heavy atom. The average Bonchev–Trinajstić information content (AvgIpc) is 2.26. The highest BCUT2D eigenvalue weighted by Gasteiger charge is 2.19. The molecular weight excluding hydrogens is 190 g/mol. The summed E-state index contributed by atoms with van der Waals surface area (Å²) in [5.74, 6) is 0.270. The van der Waals surface area contributed by atoms with Gasteiger partial charge in [-0.25, -0.2) is 0 Å². The first-order valence-corrected chi connectivity index (χ1v) is 5.87. The predicted octanol–water partition coefficient (Wildman–Crippen LogP) is 0.149. The van der Waals surface area contributed by atoms with Gasteiger partial charge in [-0.2, -0.15) is 0 Å². The van der Waals surface area contributed by atoms with Gasteiger partial charge in [0, 0.05) is 32.2 Å². The summed E-state index contributed by atoms with van der Waals surface area (Å²) in [4.78, 5) is 16.1. The first-order valence-electron chi connectivity index (χ1n) is 5.87. The molecule has 0 aromatic heterocycles. The van der Waals surface area contributed by atoms with Crippen LogP contribution in [-0.2, 0) is 4.79 Å². The van der Waals surface area contributed by atoms with Crippen molar-refractivity contribution in [3.05, 3.63) is 0 Å². The number of nitrogens with one attached hydrogen (secondary N) is 1. The molecule has 0 aliphatic carbocycles. The lowest BCUT2D eigenvalue weighted by atomic mass is 10.3. The standard InChI is InChI=1S/C11H23N3O/c1-4-13(10(2)3)9-11(15)14-7-5-12-6-8-14/h10,12H,4-9H2,1-3H3. The van der Waals surface area contributed by atoms with Crippen molar-refractivity contribution < 1.29 is 4.79 Å². The maximum atomic E-state index is 11.9. The third kappa shape index (κ3) is 3.80. The number of hydrogen-bond donors (Lipinski definition) is 1. The van der Waals surface area contributed by atoms with E-state index in [9.17, 15) is 4.79 Å². The van der Waals surface area contributed by atoms with Gasteiger partial charge in [-0.05, 0) is 20.4 Å². The molecule has 0 atom stereocenters. The van der Waals surface area contributed by atoms with E-state index in [0.717, 1.165) is 32.7 Å². The van der Waals surface area contributed by atoms with E-state index in [1.54, 1.807) is 0 Å². The van der Waals surface area contributed by atoms with Gasteiger partial charge in [-0.15, -0.1) is 0 Å². The quantitative estimate of drug-likeness (QED) is 0.722. The summed E-state index contributed by atoms with van der Waals surface area (Å²) in [5.41, 5.74) is 0. The van der Waals surface area contributed by atoms with Crippen molar-refractivity contribution in [3.63, 3.8) is 0 Å². The van der Waals surface area contributed by atoms with Crippen LogP contribution < -0.4 is 5.32 Å². The Hall–Kier alpha value is -0.610. The highest BCUT2D eigenvalue weighted by Crippen LogP contribution is 2.00. The summed E-state index contributed by atoms with van der Waals surface area (Å²) in [6.45, 7) is 11.4. The zero-order valence-electron chi connectivity index (χ0n) is 10.1. The van der Waals surface area contributed by atoms with E-state index in [2.05, 4.69) is 31.0 Å². The van der Waals surface area contributed by atoms with Crippen LogP contribution in [0.15, 0.2) is 0 Å². The predicted molar refractivity (Wildman–Crippen MR) is 61.8 cm³/mol. The van der Waals surface area contributed by atoms with E-state index in [0.29, 0.717) is 12.6 Å². The van der Waals surface area contributed by atoms with Crippen molar-refractivity contribution in [3.8, 4) is 0 Å². The number of nitrogens with zero attached hydrogens (tertiary/aromatic N) is 2. The van der Waals surface area contributed by atoms with Crippen LogP contribution in [-0.4, -0.2) is 61.0 Å². The van der Waals surface area contributed by atoms with Crippen LogP contribution in [0.4, 0.5) is 0 Å². The lowest BCUT2D eigenvalue weighted by Crippen LogP contribution is -2.50. The van der Waals surface area contributed by atoms with Crippen molar-refractivity contribution in [2.24, 2.45) is 0 Å². The lowest BCUT2D eigenvalue weighted by Gasteiger charge is -2.31. The molecule has 0 saturated carbocycles. The average molecular weight is 213 g/mol. The molecular formula is C11H23N3O. The van der Waals surface area contributed by atoms with E-state index in [4.69, 9.17) is 0 Å². The smallest absolute Gasteiger partial charge is 0.236 e. The summed E-state index contributed by atoms with van der Waals surface area (Å²) in [7, 11) is 0. The number of carbonyl (C=O) groups is 1. The van der Waals surface area contributed by atoms with Gasteiger partial charge in [0.25, 0.3) is 0 Å². The second kappa shape index (κ2) is 6.08. The Bertz CT molecular complexity index is 200. The molecule has 0 aromatic carbocycles. The van der Waals surface area contributed by atoms with Crippen LogP contribution in [0.5, 0.6) is 0 Å². The number of amides is 1. The molecule has 1 N–H and O–H groups in total. The number of rotatable bonds is 4. The molecule has 1 fully saturated rings. The third-order valence-electron chi connectivity index (χ3n) is 2.94. The molecule has 1 amide bonds. The van der Waals surface area contributed by atoms with Gasteiger partial charge in [0.2, 0.25) is 5.91 Å². The molecule has 1 aliphatic heterocycles. The largest absolute Gasteiger partial charge is 0.339 e. The van der Waals surface area contributed by atoms with Crippen molar-refractivity contribution in [2.75, 3.05) is 39.3 Å². The van der Waals surface area contributed by atoms with Crippen LogP contribution in [0.2, 0.25) is 0 Å². The molecule has 88 valence electrons. The van der Waals surface area contributed by atoms with Crippen LogP contribution in [0.1, 0.15) is 20.8 Å². The Morgan fingerprint density at radius 2 is 2.00 bits per heavy atom. The molecule has 4 heteroatoms. The molecule has 0 bridgehead atoms. The zero-order chi connectivity index (χ0) is 11.3. The third-order valence-corrected chi connectivity index (χ3v) is 2.94. The minimum Gasteiger partial charge on any atom is -0.339 e. The van der Waals surface area contributed by atoms with E-state index < -0.39 is 0 Å². The summed E-state index contributed by atoms with van der Waals surface area (Å²) in [6.07, 6.45) is 0. The van der Waals surface area contributed by atoms with Crippen LogP contribution in [0.25, 0.3) is 0 Å². The molecule has 4 nitrogen and oxygen atoms in total. The van der Waals surface area contributed by atoms with Crippen LogP contribution in [0, 0.1) is 0 Å². The first-order chi connectivity index (χ1) is 7.15. The topological polar surface area (TPSA) is 35.6 Å². The van der Waals surface area contributed by atoms with E-state index in [-0.39, 0.29) is 5.91 Å². The number of hydrogen-bond acceptors (Lipinski definition) is 3. The molecule has 0 unspecified atom stereocenters. The Morgan fingerprint density at radius 1 is 1.40 bits per heavy atom. The summed E-state index contributed by atoms with van der Waals surface area (Å²) >= 11 is 0. The fourth-order valence-corrected chi connectivity index (χ4v) is 1.85.